The van der Waals surface area contributed by atoms with E-state index in [0.29, 0.717) is 29.0 Å². The lowest BCUT2D eigenvalue weighted by Crippen LogP contribution is -2.30. The lowest BCUT2D eigenvalue weighted by molar-refractivity contribution is -0.132. The number of imidazole rings is 1. The Hall–Kier alpha value is -4.59. The molecule has 0 saturated carbocycles. The number of amides is 1. The summed E-state index contributed by atoms with van der Waals surface area (Å²) in [7, 11) is 3.88. The van der Waals surface area contributed by atoms with Crippen molar-refractivity contribution in [2.24, 2.45) is 0 Å². The zero-order valence-electron chi connectivity index (χ0n) is 22.8. The molecule has 3 aromatic carbocycles. The summed E-state index contributed by atoms with van der Waals surface area (Å²) < 4.78 is 5.65. The molecular weight excluding hydrogens is 492 g/mol. The van der Waals surface area contributed by atoms with Crippen LogP contribution in [0.25, 0.3) is 16.8 Å². The van der Waals surface area contributed by atoms with Gasteiger partial charge in [-0.25, -0.2) is 4.98 Å². The van der Waals surface area contributed by atoms with E-state index in [-0.39, 0.29) is 17.3 Å². The van der Waals surface area contributed by atoms with Crippen LogP contribution in [0.2, 0.25) is 0 Å². The molecule has 0 aliphatic carbocycles. The maximum Gasteiger partial charge on any atom is 0.302 e. The molecule has 8 nitrogen and oxygen atoms in total. The highest BCUT2D eigenvalue weighted by molar-refractivity contribution is 6.51. The standard InChI is InChI=1S/C31H32N4O4/c1-6-15-39-23-13-9-21(10-14-23)28(36)26-27(20-7-11-22(12-8-20)34(4)5)35(30(38)29(26)37)31-32-24-16-18(2)19(3)17-25(24)33-31/h7-14,16-17,27,36H,6,15H2,1-5H3,(H,32,33)/b28-26+. The van der Waals surface area contributed by atoms with Crippen LogP contribution in [0, 0.1) is 13.8 Å². The molecule has 1 atom stereocenters. The highest BCUT2D eigenvalue weighted by atomic mass is 16.5. The number of hydrogen-bond acceptors (Lipinski definition) is 6. The minimum Gasteiger partial charge on any atom is -0.507 e. The molecule has 2 N–H and O–H groups in total. The summed E-state index contributed by atoms with van der Waals surface area (Å²) in [4.78, 5) is 38.3. The number of fused-ring (bicyclic) bond motifs is 1. The minimum atomic E-state index is -0.875. The maximum absolute atomic E-state index is 13.5. The Labute approximate surface area is 227 Å². The van der Waals surface area contributed by atoms with Gasteiger partial charge in [-0.15, -0.1) is 0 Å². The number of aryl methyl sites for hydroxylation is 2. The van der Waals surface area contributed by atoms with E-state index in [9.17, 15) is 14.7 Å². The number of nitrogens with one attached hydrogen (secondary N) is 1. The summed E-state index contributed by atoms with van der Waals surface area (Å²) in [6.07, 6.45) is 0.874. The quantitative estimate of drug-likeness (QED) is 0.184. The number of ether oxygens (including phenoxy) is 1. The predicted molar refractivity (Wildman–Crippen MR) is 153 cm³/mol. The summed E-state index contributed by atoms with van der Waals surface area (Å²) in [5.41, 5.74) is 5.69. The summed E-state index contributed by atoms with van der Waals surface area (Å²) in [5, 5.41) is 11.4. The van der Waals surface area contributed by atoms with Gasteiger partial charge < -0.3 is 19.7 Å². The van der Waals surface area contributed by atoms with Crippen LogP contribution in [0.3, 0.4) is 0 Å². The van der Waals surface area contributed by atoms with Crippen molar-refractivity contribution in [3.8, 4) is 5.75 Å². The van der Waals surface area contributed by atoms with E-state index in [1.165, 1.54) is 4.90 Å². The van der Waals surface area contributed by atoms with Crippen LogP contribution in [0.5, 0.6) is 5.75 Å². The van der Waals surface area contributed by atoms with Crippen LogP contribution in [-0.4, -0.2) is 47.5 Å². The van der Waals surface area contributed by atoms with Gasteiger partial charge in [0.2, 0.25) is 5.95 Å². The van der Waals surface area contributed by atoms with E-state index in [4.69, 9.17) is 4.74 Å². The first-order chi connectivity index (χ1) is 18.7. The molecule has 0 radical (unpaired) electrons. The Morgan fingerprint density at radius 1 is 1.03 bits per heavy atom. The third-order valence-corrected chi connectivity index (χ3v) is 7.08. The second-order valence-corrected chi connectivity index (χ2v) is 10.0. The van der Waals surface area contributed by atoms with Crippen LogP contribution < -0.4 is 14.5 Å². The van der Waals surface area contributed by atoms with Crippen molar-refractivity contribution < 1.29 is 19.4 Å². The van der Waals surface area contributed by atoms with E-state index >= 15 is 0 Å². The van der Waals surface area contributed by atoms with Gasteiger partial charge in [-0.2, -0.15) is 0 Å². The number of anilines is 2. The second kappa shape index (κ2) is 10.3. The fraction of sp³-hybridized carbons (Fsp3) is 0.258. The van der Waals surface area contributed by atoms with Crippen LogP contribution in [-0.2, 0) is 9.59 Å². The van der Waals surface area contributed by atoms with Gasteiger partial charge in [0.1, 0.15) is 11.5 Å². The van der Waals surface area contributed by atoms with E-state index < -0.39 is 17.7 Å². The average Bonchev–Trinajstić information content (AvgIpc) is 3.44. The van der Waals surface area contributed by atoms with E-state index in [0.717, 1.165) is 28.8 Å². The average molecular weight is 525 g/mol. The van der Waals surface area contributed by atoms with Crippen molar-refractivity contribution in [1.29, 1.82) is 0 Å². The zero-order valence-corrected chi connectivity index (χ0v) is 22.8. The van der Waals surface area contributed by atoms with Gasteiger partial charge in [-0.1, -0.05) is 19.1 Å². The number of aromatic amines is 1. The number of ketones is 1. The number of Topliss-reactive ketones (excluding diaryl/α,β-unsaturated/α-hetero) is 1. The first-order valence-corrected chi connectivity index (χ1v) is 13.0. The molecule has 1 aromatic heterocycles. The van der Waals surface area contributed by atoms with Crippen LogP contribution in [0.15, 0.2) is 66.2 Å². The Bertz CT molecular complexity index is 1540. The van der Waals surface area contributed by atoms with Crippen molar-refractivity contribution in [2.75, 3.05) is 30.5 Å². The number of hydrogen-bond donors (Lipinski definition) is 2. The number of aliphatic hydroxyl groups is 1. The SMILES string of the molecule is CCCOc1ccc(/C(O)=C2\C(=O)C(=O)N(c3nc4cc(C)c(C)cc4[nH]3)C2c2ccc(N(C)C)cc2)cc1. The molecule has 1 fully saturated rings. The number of aliphatic hydroxyl groups excluding tert-OH is 1. The Balaban J connectivity index is 1.65. The third kappa shape index (κ3) is 4.74. The van der Waals surface area contributed by atoms with Crippen LogP contribution in [0.1, 0.15) is 41.6 Å². The number of carbonyl (C=O) groups excluding carboxylic acids is 2. The molecule has 1 aliphatic heterocycles. The number of aromatic nitrogens is 2. The third-order valence-electron chi connectivity index (χ3n) is 7.08. The van der Waals surface area contributed by atoms with Crippen molar-refractivity contribution in [2.45, 2.75) is 33.2 Å². The van der Waals surface area contributed by atoms with Gasteiger partial charge >= 0.3 is 5.91 Å². The zero-order chi connectivity index (χ0) is 27.8. The number of nitrogens with zero attached hydrogens (tertiary/aromatic N) is 3. The molecule has 1 unspecified atom stereocenters. The summed E-state index contributed by atoms with van der Waals surface area (Å²) >= 11 is 0. The fourth-order valence-corrected chi connectivity index (χ4v) is 4.78. The van der Waals surface area contributed by atoms with Crippen molar-refractivity contribution in [1.82, 2.24) is 9.97 Å². The molecule has 39 heavy (non-hydrogen) atoms. The highest BCUT2D eigenvalue weighted by Gasteiger charge is 2.48. The predicted octanol–water partition coefficient (Wildman–Crippen LogP) is 5.66. The first kappa shape index (κ1) is 26.0. The normalized spacial score (nSPS) is 16.7. The Morgan fingerprint density at radius 3 is 2.33 bits per heavy atom. The van der Waals surface area contributed by atoms with Crippen molar-refractivity contribution in [3.05, 3.63) is 88.5 Å². The molecule has 1 aliphatic rings. The first-order valence-electron chi connectivity index (χ1n) is 13.0. The largest absolute Gasteiger partial charge is 0.507 e. The summed E-state index contributed by atoms with van der Waals surface area (Å²) in [6.45, 7) is 6.61. The molecule has 200 valence electrons. The molecule has 2 heterocycles. The number of benzene rings is 3. The van der Waals surface area contributed by atoms with E-state index in [1.807, 2.05) is 76.2 Å². The number of carbonyl (C=O) groups is 2. The molecule has 4 aromatic rings. The lowest BCUT2D eigenvalue weighted by atomic mass is 9.95. The monoisotopic (exact) mass is 524 g/mol. The van der Waals surface area contributed by atoms with Crippen molar-refractivity contribution >= 4 is 40.1 Å². The molecule has 8 heteroatoms. The molecule has 5 rings (SSSR count). The van der Waals surface area contributed by atoms with Crippen LogP contribution in [0.4, 0.5) is 11.6 Å². The maximum atomic E-state index is 13.5. The molecule has 1 amide bonds. The Morgan fingerprint density at radius 2 is 1.69 bits per heavy atom. The minimum absolute atomic E-state index is 0.00708. The van der Waals surface area contributed by atoms with Gasteiger partial charge in [0.25, 0.3) is 5.78 Å². The molecule has 0 bridgehead atoms. The summed E-state index contributed by atoms with van der Waals surface area (Å²) in [5.74, 6) is -0.858. The van der Waals surface area contributed by atoms with Crippen LogP contribution >= 0.6 is 0 Å². The Kier molecular flexibility index (Phi) is 6.87. The number of rotatable bonds is 7. The smallest absolute Gasteiger partial charge is 0.302 e. The van der Waals surface area contributed by atoms with E-state index in [2.05, 4.69) is 9.97 Å². The highest BCUT2D eigenvalue weighted by Crippen LogP contribution is 2.42. The van der Waals surface area contributed by atoms with Gasteiger partial charge in [0.05, 0.1) is 29.3 Å². The second-order valence-electron chi connectivity index (χ2n) is 10.0. The molecule has 0 spiro atoms. The fourth-order valence-electron chi connectivity index (χ4n) is 4.78. The van der Waals surface area contributed by atoms with Gasteiger partial charge in [0, 0.05) is 25.3 Å². The van der Waals surface area contributed by atoms with Gasteiger partial charge in [0.15, 0.2) is 0 Å². The number of H-pyrrole nitrogens is 1. The lowest BCUT2D eigenvalue weighted by Gasteiger charge is -2.23. The molecular formula is C31H32N4O4. The summed E-state index contributed by atoms with van der Waals surface area (Å²) in [6, 6.07) is 17.5. The molecule has 1 saturated heterocycles. The topological polar surface area (TPSA) is 98.8 Å². The van der Waals surface area contributed by atoms with Gasteiger partial charge in [-0.3, -0.25) is 14.5 Å². The van der Waals surface area contributed by atoms with E-state index in [1.54, 1.807) is 24.3 Å². The van der Waals surface area contributed by atoms with Crippen molar-refractivity contribution in [3.63, 3.8) is 0 Å². The van der Waals surface area contributed by atoms with Gasteiger partial charge in [-0.05, 0) is 85.5 Å².